The van der Waals surface area contributed by atoms with E-state index in [1.54, 1.807) is 0 Å². The van der Waals surface area contributed by atoms with Gasteiger partial charge in [0.05, 0.1) is 6.04 Å². The maximum Gasteiger partial charge on any atom is 0.220 e. The van der Waals surface area contributed by atoms with Gasteiger partial charge in [0.25, 0.3) is 0 Å². The van der Waals surface area contributed by atoms with Crippen LogP contribution in [0.4, 0.5) is 0 Å². The number of carbonyl (C=O) groups excluding carboxylic acids is 1. The summed E-state index contributed by atoms with van der Waals surface area (Å²) in [5.41, 5.74) is 1.38. The molecule has 1 aliphatic rings. The van der Waals surface area contributed by atoms with Crippen LogP contribution >= 0.6 is 12.4 Å². The summed E-state index contributed by atoms with van der Waals surface area (Å²) in [6.45, 7) is 8.67. The van der Waals surface area contributed by atoms with Gasteiger partial charge in [0.15, 0.2) is 0 Å². The molecule has 2 N–H and O–H groups in total. The van der Waals surface area contributed by atoms with E-state index in [0.29, 0.717) is 12.3 Å². The van der Waals surface area contributed by atoms with E-state index < -0.39 is 0 Å². The van der Waals surface area contributed by atoms with Gasteiger partial charge in [-0.1, -0.05) is 51.1 Å². The second-order valence-corrected chi connectivity index (χ2v) is 7.36. The summed E-state index contributed by atoms with van der Waals surface area (Å²) < 4.78 is 0. The maximum atomic E-state index is 12.3. The van der Waals surface area contributed by atoms with E-state index in [9.17, 15) is 4.79 Å². The zero-order valence-electron chi connectivity index (χ0n) is 13.9. The van der Waals surface area contributed by atoms with Crippen LogP contribution in [0.5, 0.6) is 0 Å². The number of carbonyl (C=O) groups is 1. The van der Waals surface area contributed by atoms with Gasteiger partial charge in [0, 0.05) is 6.42 Å². The third-order valence-corrected chi connectivity index (χ3v) is 3.99. The number of amides is 1. The van der Waals surface area contributed by atoms with Crippen molar-refractivity contribution in [1.29, 1.82) is 0 Å². The minimum Gasteiger partial charge on any atom is -0.349 e. The summed E-state index contributed by atoms with van der Waals surface area (Å²) in [6, 6.07) is 10.4. The summed E-state index contributed by atoms with van der Waals surface area (Å²) >= 11 is 0. The molecule has 1 saturated heterocycles. The van der Waals surface area contributed by atoms with E-state index in [-0.39, 0.29) is 29.8 Å². The first-order chi connectivity index (χ1) is 9.94. The van der Waals surface area contributed by atoms with Crippen LogP contribution in [0.25, 0.3) is 0 Å². The molecule has 1 fully saturated rings. The Morgan fingerprint density at radius 2 is 2.00 bits per heavy atom. The van der Waals surface area contributed by atoms with Crippen molar-refractivity contribution in [3.05, 3.63) is 35.9 Å². The first-order valence-corrected chi connectivity index (χ1v) is 7.99. The first-order valence-electron chi connectivity index (χ1n) is 7.99. The second kappa shape index (κ2) is 8.54. The van der Waals surface area contributed by atoms with Crippen LogP contribution in [0.2, 0.25) is 0 Å². The van der Waals surface area contributed by atoms with E-state index in [2.05, 4.69) is 43.5 Å². The van der Waals surface area contributed by atoms with Crippen molar-refractivity contribution in [3.63, 3.8) is 0 Å². The van der Waals surface area contributed by atoms with Gasteiger partial charge >= 0.3 is 0 Å². The molecule has 1 aromatic rings. The molecule has 1 amide bonds. The summed E-state index contributed by atoms with van der Waals surface area (Å²) in [6.07, 6.45) is 2.70. The van der Waals surface area contributed by atoms with Crippen molar-refractivity contribution in [3.8, 4) is 0 Å². The topological polar surface area (TPSA) is 41.1 Å². The molecule has 2 unspecified atom stereocenters. The second-order valence-electron chi connectivity index (χ2n) is 7.36. The molecule has 1 aromatic carbocycles. The number of hydrogen-bond donors (Lipinski definition) is 2. The quantitative estimate of drug-likeness (QED) is 0.867. The third-order valence-electron chi connectivity index (χ3n) is 3.99. The van der Waals surface area contributed by atoms with Gasteiger partial charge in [0.2, 0.25) is 5.91 Å². The predicted molar refractivity (Wildman–Crippen MR) is 94.2 cm³/mol. The van der Waals surface area contributed by atoms with E-state index in [1.807, 2.05) is 18.2 Å². The molecule has 0 aliphatic carbocycles. The Morgan fingerprint density at radius 1 is 1.32 bits per heavy atom. The molecule has 3 nitrogen and oxygen atoms in total. The van der Waals surface area contributed by atoms with Gasteiger partial charge in [-0.05, 0) is 42.8 Å². The highest BCUT2D eigenvalue weighted by Crippen LogP contribution is 2.29. The standard InChI is InChI=1S/C18H28N2O.ClH/c1-18(2,3)12-16(15-7-5-4-6-8-15)20-17(21)11-14-9-10-19-13-14;/h4-8,14,16,19H,9-13H2,1-3H3,(H,20,21);1H. The minimum atomic E-state index is 0. The molecule has 0 saturated carbocycles. The number of nitrogens with one attached hydrogen (secondary N) is 2. The monoisotopic (exact) mass is 324 g/mol. The molecule has 0 spiro atoms. The Bertz CT molecular complexity index is 450. The van der Waals surface area contributed by atoms with E-state index in [4.69, 9.17) is 0 Å². The average Bonchev–Trinajstić information content (AvgIpc) is 2.90. The normalized spacial score (nSPS) is 19.3. The van der Waals surface area contributed by atoms with Gasteiger partial charge in [-0.2, -0.15) is 0 Å². The van der Waals surface area contributed by atoms with E-state index in [1.165, 1.54) is 5.56 Å². The number of rotatable bonds is 5. The number of halogens is 1. The molecule has 0 radical (unpaired) electrons. The van der Waals surface area contributed by atoms with Crippen LogP contribution < -0.4 is 10.6 Å². The summed E-state index contributed by atoms with van der Waals surface area (Å²) in [5.74, 6) is 0.679. The molecule has 124 valence electrons. The van der Waals surface area contributed by atoms with Crippen LogP contribution in [0.1, 0.15) is 51.6 Å². The fourth-order valence-electron chi connectivity index (χ4n) is 2.95. The molecule has 2 rings (SSSR count). The Morgan fingerprint density at radius 3 is 2.55 bits per heavy atom. The highest BCUT2D eigenvalue weighted by atomic mass is 35.5. The zero-order valence-corrected chi connectivity index (χ0v) is 14.7. The van der Waals surface area contributed by atoms with Gasteiger partial charge in [-0.25, -0.2) is 0 Å². The summed E-state index contributed by atoms with van der Waals surface area (Å²) in [5, 5.41) is 6.57. The highest BCUT2D eigenvalue weighted by molar-refractivity contribution is 5.85. The van der Waals surface area contributed by atoms with Crippen molar-refractivity contribution < 1.29 is 4.79 Å². The van der Waals surface area contributed by atoms with E-state index in [0.717, 1.165) is 25.9 Å². The molecule has 4 heteroatoms. The first kappa shape index (κ1) is 19.0. The van der Waals surface area contributed by atoms with Crippen LogP contribution in [0, 0.1) is 11.3 Å². The SMILES string of the molecule is CC(C)(C)CC(NC(=O)CC1CCNC1)c1ccccc1.Cl. The third kappa shape index (κ3) is 6.37. The van der Waals surface area contributed by atoms with Crippen LogP contribution in [0.15, 0.2) is 30.3 Å². The lowest BCUT2D eigenvalue weighted by atomic mass is 9.85. The molecule has 2 atom stereocenters. The smallest absolute Gasteiger partial charge is 0.220 e. The lowest BCUT2D eigenvalue weighted by Gasteiger charge is -2.27. The molecule has 1 aliphatic heterocycles. The Labute approximate surface area is 140 Å². The molecular weight excluding hydrogens is 296 g/mol. The maximum absolute atomic E-state index is 12.3. The largest absolute Gasteiger partial charge is 0.349 e. The minimum absolute atomic E-state index is 0. The van der Waals surface area contributed by atoms with Crippen molar-refractivity contribution in [2.45, 2.75) is 46.1 Å². The fourth-order valence-corrected chi connectivity index (χ4v) is 2.95. The fraction of sp³-hybridized carbons (Fsp3) is 0.611. The molecular formula is C18H29ClN2O. The van der Waals surface area contributed by atoms with Crippen LogP contribution in [-0.4, -0.2) is 19.0 Å². The van der Waals surface area contributed by atoms with Crippen molar-refractivity contribution in [2.75, 3.05) is 13.1 Å². The molecule has 22 heavy (non-hydrogen) atoms. The Hall–Kier alpha value is -1.06. The highest BCUT2D eigenvalue weighted by Gasteiger charge is 2.24. The van der Waals surface area contributed by atoms with Gasteiger partial charge < -0.3 is 10.6 Å². The summed E-state index contributed by atoms with van der Waals surface area (Å²) in [7, 11) is 0. The zero-order chi connectivity index (χ0) is 15.3. The number of hydrogen-bond acceptors (Lipinski definition) is 2. The van der Waals surface area contributed by atoms with Gasteiger partial charge in [-0.3, -0.25) is 4.79 Å². The predicted octanol–water partition coefficient (Wildman–Crippen LogP) is 3.70. The molecule has 0 bridgehead atoms. The van der Waals surface area contributed by atoms with Crippen LogP contribution in [-0.2, 0) is 4.79 Å². The van der Waals surface area contributed by atoms with Crippen molar-refractivity contribution in [2.24, 2.45) is 11.3 Å². The lowest BCUT2D eigenvalue weighted by Crippen LogP contribution is -2.32. The Kier molecular flexibility index (Phi) is 7.37. The van der Waals surface area contributed by atoms with E-state index >= 15 is 0 Å². The lowest BCUT2D eigenvalue weighted by molar-refractivity contribution is -0.122. The van der Waals surface area contributed by atoms with Crippen LogP contribution in [0.3, 0.4) is 0 Å². The van der Waals surface area contributed by atoms with Crippen molar-refractivity contribution in [1.82, 2.24) is 10.6 Å². The summed E-state index contributed by atoms with van der Waals surface area (Å²) in [4.78, 5) is 12.3. The van der Waals surface area contributed by atoms with Gasteiger partial charge in [-0.15, -0.1) is 12.4 Å². The molecule has 0 aromatic heterocycles. The average molecular weight is 325 g/mol. The Balaban J connectivity index is 0.00000242. The van der Waals surface area contributed by atoms with Gasteiger partial charge in [0.1, 0.15) is 0 Å². The van der Waals surface area contributed by atoms with Crippen molar-refractivity contribution >= 4 is 18.3 Å². The number of benzene rings is 1. The molecule has 1 heterocycles.